The van der Waals surface area contributed by atoms with Gasteiger partial charge in [-0.25, -0.2) is 0 Å². The fraction of sp³-hybridized carbons (Fsp3) is 0.716. The molecule has 0 saturated heterocycles. The Morgan fingerprint density at radius 3 is 1.22 bits per heavy atom. The molecule has 0 aliphatic heterocycles. The van der Waals surface area contributed by atoms with Crippen molar-refractivity contribution in [1.82, 2.24) is 5.32 Å². The third kappa shape index (κ3) is 58.8. The van der Waals surface area contributed by atoms with Gasteiger partial charge in [0.25, 0.3) is 7.82 Å². The zero-order valence-electron chi connectivity index (χ0n) is 49.9. The number of carbonyl (C=O) groups excluding carboxylic acids is 1. The summed E-state index contributed by atoms with van der Waals surface area (Å²) in [6, 6.07) is -0.909. The Hall–Kier alpha value is -2.84. The van der Waals surface area contributed by atoms with Gasteiger partial charge in [-0.3, -0.25) is 9.36 Å². The Bertz CT molecular complexity index is 1600. The first-order valence-corrected chi connectivity index (χ1v) is 32.7. The van der Waals surface area contributed by atoms with Crippen molar-refractivity contribution in [1.29, 1.82) is 0 Å². The monoisotopic (exact) mass is 1080 g/mol. The second kappa shape index (κ2) is 56.9. The summed E-state index contributed by atoms with van der Waals surface area (Å²) in [6.45, 7) is 4.52. The Balaban J connectivity index is 4.09. The van der Waals surface area contributed by atoms with Gasteiger partial charge in [-0.05, 0) is 89.9 Å². The summed E-state index contributed by atoms with van der Waals surface area (Å²) in [6.07, 6.45) is 83.3. The molecule has 0 aromatic heterocycles. The van der Waals surface area contributed by atoms with Crippen LogP contribution in [0.5, 0.6) is 0 Å². The summed E-state index contributed by atoms with van der Waals surface area (Å²) < 4.78 is 23.3. The summed E-state index contributed by atoms with van der Waals surface area (Å²) in [5, 5.41) is 13.9. The van der Waals surface area contributed by atoms with E-state index in [4.69, 9.17) is 9.05 Å². The number of allylic oxidation sites excluding steroid dienone is 17. The lowest BCUT2D eigenvalue weighted by atomic mass is 10.0. The fourth-order valence-electron chi connectivity index (χ4n) is 8.62. The number of phosphoric ester groups is 1. The normalized spacial score (nSPS) is 14.6. The van der Waals surface area contributed by atoms with Crippen LogP contribution in [0.2, 0.25) is 0 Å². The van der Waals surface area contributed by atoms with E-state index < -0.39 is 26.6 Å². The van der Waals surface area contributed by atoms with Gasteiger partial charge in [0.2, 0.25) is 5.91 Å². The van der Waals surface area contributed by atoms with E-state index in [0.717, 1.165) is 83.5 Å². The number of likely N-dealkylation sites (N-methyl/N-ethyl adjacent to an activating group) is 1. The molecule has 0 bridgehead atoms. The first-order valence-electron chi connectivity index (χ1n) is 31.2. The van der Waals surface area contributed by atoms with E-state index >= 15 is 0 Å². The van der Waals surface area contributed by atoms with E-state index in [9.17, 15) is 19.4 Å². The standard InChI is InChI=1S/C67H119N2O6P/c1-6-8-10-12-14-16-18-20-22-24-25-26-27-28-29-30-31-32-33-34-35-36-37-38-39-40-41-42-43-45-47-49-51-53-55-57-59-61-67(71)68-65(64-75-76(72,73)74-63-62-69(3,4)5)66(70)60-58-56-54-52-50-48-46-44-23-21-19-17-15-13-11-9-7-2/h8,10,14,16,20,22,25-26,28-29,31-32,34-35,50,52,58,60,65-66,70H,6-7,9,11-13,15,17-19,21,23-24,27,30,33,36-49,51,53-57,59,61-64H2,1-5H3,(H-,68,71,72,73)/b10-8-,16-14-,22-20-,26-25-,29-28-,32-31-,35-34-,52-50+,60-58+. The predicted molar refractivity (Wildman–Crippen MR) is 329 cm³/mol. The second-order valence-electron chi connectivity index (χ2n) is 22.0. The van der Waals surface area contributed by atoms with Crippen molar-refractivity contribution in [2.45, 2.75) is 270 Å². The maximum Gasteiger partial charge on any atom is 0.268 e. The number of aliphatic hydroxyl groups is 1. The first-order chi connectivity index (χ1) is 37.0. The Kier molecular flexibility index (Phi) is 54.7. The molecule has 3 unspecified atom stereocenters. The highest BCUT2D eigenvalue weighted by atomic mass is 31.2. The second-order valence-corrected chi connectivity index (χ2v) is 23.4. The van der Waals surface area contributed by atoms with Crippen LogP contribution < -0.4 is 10.2 Å². The van der Waals surface area contributed by atoms with Gasteiger partial charge in [-0.1, -0.05) is 271 Å². The highest BCUT2D eigenvalue weighted by molar-refractivity contribution is 7.45. The van der Waals surface area contributed by atoms with Crippen molar-refractivity contribution < 1.29 is 32.9 Å². The zero-order valence-corrected chi connectivity index (χ0v) is 50.8. The lowest BCUT2D eigenvalue weighted by molar-refractivity contribution is -0.870. The Morgan fingerprint density at radius 2 is 0.816 bits per heavy atom. The molecule has 0 aliphatic rings. The summed E-state index contributed by atoms with van der Waals surface area (Å²) in [7, 11) is 1.24. The van der Waals surface area contributed by atoms with E-state index in [-0.39, 0.29) is 12.5 Å². The predicted octanol–water partition coefficient (Wildman–Crippen LogP) is 18.9. The number of rotatable bonds is 56. The first kappa shape index (κ1) is 73.2. The number of hydrogen-bond acceptors (Lipinski definition) is 6. The number of hydrogen-bond donors (Lipinski definition) is 2. The van der Waals surface area contributed by atoms with Crippen molar-refractivity contribution in [2.75, 3.05) is 40.9 Å². The molecule has 0 aromatic rings. The van der Waals surface area contributed by atoms with E-state index in [2.05, 4.69) is 116 Å². The minimum absolute atomic E-state index is 0.00974. The van der Waals surface area contributed by atoms with Gasteiger partial charge in [0.15, 0.2) is 0 Å². The van der Waals surface area contributed by atoms with Crippen molar-refractivity contribution in [3.05, 3.63) is 109 Å². The molecular weight excluding hydrogens is 960 g/mol. The third-order valence-corrected chi connectivity index (χ3v) is 14.4. The lowest BCUT2D eigenvalue weighted by Crippen LogP contribution is -2.45. The van der Waals surface area contributed by atoms with E-state index in [1.165, 1.54) is 154 Å². The van der Waals surface area contributed by atoms with Gasteiger partial charge in [0.05, 0.1) is 39.9 Å². The van der Waals surface area contributed by atoms with Gasteiger partial charge < -0.3 is 28.8 Å². The SMILES string of the molecule is CC/C=C\C/C=C\C/C=C\C/C=C\C/C=C\C/C=C\C/C=C\CCCCCCCCCCCCCCCCCC(=O)NC(COP(=O)([O-])OCC[N+](C)(C)C)C(O)/C=C/CC/C=C/CCCCCCCCCCCCC. The number of nitrogens with zero attached hydrogens (tertiary/aromatic N) is 1. The summed E-state index contributed by atoms with van der Waals surface area (Å²) >= 11 is 0. The average molecular weight is 1080 g/mol. The van der Waals surface area contributed by atoms with Crippen LogP contribution >= 0.6 is 7.82 Å². The van der Waals surface area contributed by atoms with Crippen LogP contribution in [-0.4, -0.2) is 68.5 Å². The number of phosphoric acid groups is 1. The molecule has 76 heavy (non-hydrogen) atoms. The molecular formula is C67H119N2O6P. The van der Waals surface area contributed by atoms with Crippen LogP contribution in [0, 0.1) is 0 Å². The number of aliphatic hydroxyl groups excluding tert-OH is 1. The molecule has 0 saturated carbocycles. The summed E-state index contributed by atoms with van der Waals surface area (Å²) in [4.78, 5) is 25.5. The lowest BCUT2D eigenvalue weighted by Gasteiger charge is -2.29. The highest BCUT2D eigenvalue weighted by Gasteiger charge is 2.23. The Morgan fingerprint density at radius 1 is 0.474 bits per heavy atom. The topological polar surface area (TPSA) is 108 Å². The molecule has 0 aliphatic carbocycles. The van der Waals surface area contributed by atoms with E-state index in [1.807, 2.05) is 27.2 Å². The molecule has 9 heteroatoms. The van der Waals surface area contributed by atoms with Gasteiger partial charge in [-0.15, -0.1) is 0 Å². The number of quaternary nitrogens is 1. The van der Waals surface area contributed by atoms with Crippen molar-refractivity contribution in [3.8, 4) is 0 Å². The fourth-order valence-corrected chi connectivity index (χ4v) is 9.34. The number of nitrogens with one attached hydrogen (secondary N) is 1. The van der Waals surface area contributed by atoms with Gasteiger partial charge in [0.1, 0.15) is 13.2 Å². The third-order valence-electron chi connectivity index (χ3n) is 13.5. The quantitative estimate of drug-likeness (QED) is 0.0272. The van der Waals surface area contributed by atoms with Gasteiger partial charge in [-0.2, -0.15) is 0 Å². The van der Waals surface area contributed by atoms with Crippen molar-refractivity contribution in [2.24, 2.45) is 0 Å². The van der Waals surface area contributed by atoms with E-state index in [1.54, 1.807) is 6.08 Å². The minimum atomic E-state index is -4.61. The van der Waals surface area contributed by atoms with E-state index in [0.29, 0.717) is 17.4 Å². The molecule has 0 rings (SSSR count). The van der Waals surface area contributed by atoms with Gasteiger partial charge >= 0.3 is 0 Å². The molecule has 1 amide bonds. The average Bonchev–Trinajstić information content (AvgIpc) is 3.38. The minimum Gasteiger partial charge on any atom is -0.756 e. The van der Waals surface area contributed by atoms with Crippen LogP contribution in [0.3, 0.4) is 0 Å². The summed E-state index contributed by atoms with van der Waals surface area (Å²) in [5.41, 5.74) is 0. The van der Waals surface area contributed by atoms with Crippen LogP contribution in [-0.2, 0) is 18.4 Å². The van der Waals surface area contributed by atoms with Crippen molar-refractivity contribution in [3.63, 3.8) is 0 Å². The Labute approximate surface area is 470 Å². The molecule has 0 fully saturated rings. The highest BCUT2D eigenvalue weighted by Crippen LogP contribution is 2.38. The molecule has 0 radical (unpaired) electrons. The maximum atomic E-state index is 13.0. The molecule has 2 N–H and O–H groups in total. The maximum absolute atomic E-state index is 13.0. The molecule has 3 atom stereocenters. The zero-order chi connectivity index (χ0) is 55.6. The summed E-state index contributed by atoms with van der Waals surface area (Å²) in [5.74, 6) is -0.210. The molecule has 0 heterocycles. The largest absolute Gasteiger partial charge is 0.756 e. The smallest absolute Gasteiger partial charge is 0.268 e. The van der Waals surface area contributed by atoms with Crippen LogP contribution in [0.25, 0.3) is 0 Å². The van der Waals surface area contributed by atoms with Crippen LogP contribution in [0.4, 0.5) is 0 Å². The molecule has 0 aromatic carbocycles. The molecule has 8 nitrogen and oxygen atoms in total. The van der Waals surface area contributed by atoms with Crippen LogP contribution in [0.15, 0.2) is 109 Å². The number of unbranched alkanes of at least 4 members (excludes halogenated alkanes) is 27. The molecule has 0 spiro atoms. The van der Waals surface area contributed by atoms with Crippen molar-refractivity contribution >= 4 is 13.7 Å². The molecule has 438 valence electrons. The van der Waals surface area contributed by atoms with Crippen LogP contribution in [0.1, 0.15) is 258 Å². The number of carbonyl (C=O) groups is 1. The number of amides is 1. The van der Waals surface area contributed by atoms with Gasteiger partial charge in [0, 0.05) is 6.42 Å².